The summed E-state index contributed by atoms with van der Waals surface area (Å²) in [5.74, 6) is 0.612. The largest absolute Gasteiger partial charge is 0.493 e. The lowest BCUT2D eigenvalue weighted by atomic mass is 10.2. The third kappa shape index (κ3) is 5.69. The van der Waals surface area contributed by atoms with Crippen LogP contribution in [0.25, 0.3) is 6.08 Å². The fourth-order valence-electron chi connectivity index (χ4n) is 2.70. The molecule has 0 bridgehead atoms. The number of methoxy groups -OCH3 is 2. The average molecular weight is 475 g/mol. The lowest BCUT2D eigenvalue weighted by molar-refractivity contribution is -0.111. The molecule has 0 aliphatic rings. The summed E-state index contributed by atoms with van der Waals surface area (Å²) in [6.07, 6.45) is 2.99. The molecule has 0 fully saturated rings. The van der Waals surface area contributed by atoms with Gasteiger partial charge in [0.05, 0.1) is 14.2 Å². The van der Waals surface area contributed by atoms with Crippen LogP contribution in [-0.4, -0.2) is 50.1 Å². The molecule has 0 aliphatic carbocycles. The van der Waals surface area contributed by atoms with Crippen molar-refractivity contribution < 1.29 is 22.7 Å². The van der Waals surface area contributed by atoms with E-state index in [1.807, 2.05) is 30.3 Å². The third-order valence-electron chi connectivity index (χ3n) is 4.35. The molecule has 0 radical (unpaired) electrons. The van der Waals surface area contributed by atoms with Crippen LogP contribution >= 0.6 is 11.3 Å². The summed E-state index contributed by atoms with van der Waals surface area (Å²) < 4.78 is 37.1. The van der Waals surface area contributed by atoms with Crippen molar-refractivity contribution in [3.63, 3.8) is 0 Å². The van der Waals surface area contributed by atoms with Gasteiger partial charge in [0.2, 0.25) is 15.4 Å². The molecule has 0 unspecified atom stereocenters. The van der Waals surface area contributed by atoms with Gasteiger partial charge in [0.25, 0.3) is 10.0 Å². The van der Waals surface area contributed by atoms with Gasteiger partial charge in [-0.05, 0) is 29.3 Å². The lowest BCUT2D eigenvalue weighted by Gasteiger charge is -2.16. The maximum atomic E-state index is 12.9. The Morgan fingerprint density at radius 2 is 1.81 bits per heavy atom. The summed E-state index contributed by atoms with van der Waals surface area (Å²) in [4.78, 5) is 12.1. The number of rotatable bonds is 9. The molecule has 3 rings (SSSR count). The fraction of sp³-hybridized carbons (Fsp3) is 0.190. The van der Waals surface area contributed by atoms with Gasteiger partial charge < -0.3 is 9.47 Å². The highest BCUT2D eigenvalue weighted by molar-refractivity contribution is 7.91. The number of sulfonamides is 1. The van der Waals surface area contributed by atoms with Crippen molar-refractivity contribution in [2.75, 3.05) is 26.6 Å². The molecular formula is C21H22N4O5S2. The van der Waals surface area contributed by atoms with E-state index in [9.17, 15) is 13.2 Å². The van der Waals surface area contributed by atoms with Crippen molar-refractivity contribution >= 4 is 38.5 Å². The Labute approximate surface area is 190 Å². The number of nitrogens with zero attached hydrogens (tertiary/aromatic N) is 3. The SMILES string of the molecule is COc1ccc(CN(C)S(=O)(=O)c2nnc(NC(=O)/C=C/c3ccccc3)s2)cc1OC. The zero-order chi connectivity index (χ0) is 23.1. The standard InChI is InChI=1S/C21H22N4O5S2/c1-25(14-16-9-11-17(29-2)18(13-16)30-3)32(27,28)21-24-23-20(31-21)22-19(26)12-10-15-7-5-4-6-8-15/h4-13H,14H2,1-3H3,(H,22,23,26)/b12-10+. The highest BCUT2D eigenvalue weighted by atomic mass is 32.2. The van der Waals surface area contributed by atoms with E-state index < -0.39 is 15.9 Å². The van der Waals surface area contributed by atoms with Crippen molar-refractivity contribution in [3.8, 4) is 11.5 Å². The van der Waals surface area contributed by atoms with Crippen molar-refractivity contribution in [3.05, 3.63) is 65.7 Å². The van der Waals surface area contributed by atoms with E-state index >= 15 is 0 Å². The van der Waals surface area contributed by atoms with Crippen molar-refractivity contribution in [2.24, 2.45) is 0 Å². The molecule has 0 aliphatic heterocycles. The quantitative estimate of drug-likeness (QED) is 0.375. The Hall–Kier alpha value is -3.28. The van der Waals surface area contributed by atoms with E-state index in [-0.39, 0.29) is 16.0 Å². The Bertz CT molecular complexity index is 1210. The van der Waals surface area contributed by atoms with Gasteiger partial charge in [-0.3, -0.25) is 10.1 Å². The molecule has 2 aromatic carbocycles. The normalized spacial score (nSPS) is 11.6. The van der Waals surface area contributed by atoms with Gasteiger partial charge in [0.1, 0.15) is 0 Å². The number of hydrogen-bond donors (Lipinski definition) is 1. The van der Waals surface area contributed by atoms with E-state index in [2.05, 4.69) is 15.5 Å². The second-order valence-corrected chi connectivity index (χ2v) is 9.75. The van der Waals surface area contributed by atoms with E-state index in [4.69, 9.17) is 9.47 Å². The van der Waals surface area contributed by atoms with Gasteiger partial charge in [-0.2, -0.15) is 4.31 Å². The molecule has 3 aromatic rings. The third-order valence-corrected chi connectivity index (χ3v) is 7.34. The first kappa shape index (κ1) is 23.4. The first-order valence-electron chi connectivity index (χ1n) is 9.38. The molecule has 9 nitrogen and oxygen atoms in total. The van der Waals surface area contributed by atoms with Gasteiger partial charge >= 0.3 is 0 Å². The highest BCUT2D eigenvalue weighted by Crippen LogP contribution is 2.29. The zero-order valence-corrected chi connectivity index (χ0v) is 19.3. The molecule has 0 spiro atoms. The molecule has 0 saturated heterocycles. The number of carbonyl (C=O) groups is 1. The van der Waals surface area contributed by atoms with E-state index in [1.54, 1.807) is 24.3 Å². The average Bonchev–Trinajstić information content (AvgIpc) is 3.27. The van der Waals surface area contributed by atoms with Gasteiger partial charge in [-0.15, -0.1) is 10.2 Å². The van der Waals surface area contributed by atoms with Gasteiger partial charge in [0.15, 0.2) is 11.5 Å². The van der Waals surface area contributed by atoms with Gasteiger partial charge in [0, 0.05) is 19.7 Å². The second kappa shape index (κ2) is 10.4. The van der Waals surface area contributed by atoms with Crippen LogP contribution in [0.5, 0.6) is 11.5 Å². The molecular weight excluding hydrogens is 452 g/mol. The molecule has 32 heavy (non-hydrogen) atoms. The second-order valence-electron chi connectivity index (χ2n) is 6.56. The maximum absolute atomic E-state index is 12.9. The molecule has 168 valence electrons. The number of hydrogen-bond acceptors (Lipinski definition) is 8. The van der Waals surface area contributed by atoms with Gasteiger partial charge in [-0.25, -0.2) is 8.42 Å². The number of anilines is 1. The minimum Gasteiger partial charge on any atom is -0.493 e. The molecule has 0 saturated carbocycles. The van der Waals surface area contributed by atoms with Crippen molar-refractivity contribution in [1.82, 2.24) is 14.5 Å². The van der Waals surface area contributed by atoms with E-state index in [0.29, 0.717) is 17.1 Å². The van der Waals surface area contributed by atoms with Crippen LogP contribution in [0.2, 0.25) is 0 Å². The van der Waals surface area contributed by atoms with Crippen LogP contribution in [0.3, 0.4) is 0 Å². The number of ether oxygens (including phenoxy) is 2. The lowest BCUT2D eigenvalue weighted by Crippen LogP contribution is -2.26. The number of aromatic nitrogens is 2. The Morgan fingerprint density at radius 3 is 2.50 bits per heavy atom. The maximum Gasteiger partial charge on any atom is 0.272 e. The molecule has 1 amide bonds. The minimum absolute atomic E-state index is 0.0871. The predicted molar refractivity (Wildman–Crippen MR) is 122 cm³/mol. The van der Waals surface area contributed by atoms with Crippen molar-refractivity contribution in [1.29, 1.82) is 0 Å². The number of carbonyl (C=O) groups excluding carboxylic acids is 1. The smallest absolute Gasteiger partial charge is 0.272 e. The summed E-state index contributed by atoms with van der Waals surface area (Å²) in [7, 11) is 0.566. The Balaban J connectivity index is 1.67. The van der Waals surface area contributed by atoms with Gasteiger partial charge in [-0.1, -0.05) is 47.7 Å². The first-order valence-corrected chi connectivity index (χ1v) is 11.6. The Kier molecular flexibility index (Phi) is 7.57. The van der Waals surface area contributed by atoms with Crippen LogP contribution in [0.15, 0.2) is 58.9 Å². The number of benzene rings is 2. The van der Waals surface area contributed by atoms with Crippen LogP contribution in [0, 0.1) is 0 Å². The van der Waals surface area contributed by atoms with Crippen LogP contribution in [0.4, 0.5) is 5.13 Å². The topological polar surface area (TPSA) is 111 Å². The summed E-state index contributed by atoms with van der Waals surface area (Å²) in [5, 5.41) is 10.1. The molecule has 11 heteroatoms. The summed E-state index contributed by atoms with van der Waals surface area (Å²) in [6, 6.07) is 14.5. The summed E-state index contributed by atoms with van der Waals surface area (Å²) in [5.41, 5.74) is 1.57. The van der Waals surface area contributed by atoms with E-state index in [1.165, 1.54) is 27.3 Å². The zero-order valence-electron chi connectivity index (χ0n) is 17.7. The van der Waals surface area contributed by atoms with Crippen LogP contribution in [-0.2, 0) is 21.4 Å². The predicted octanol–water partition coefficient (Wildman–Crippen LogP) is 3.03. The van der Waals surface area contributed by atoms with E-state index in [0.717, 1.165) is 21.2 Å². The summed E-state index contributed by atoms with van der Waals surface area (Å²) in [6.45, 7) is 0.0871. The van der Waals surface area contributed by atoms with Crippen molar-refractivity contribution in [2.45, 2.75) is 10.9 Å². The van der Waals surface area contributed by atoms with Crippen LogP contribution in [0.1, 0.15) is 11.1 Å². The molecule has 1 heterocycles. The summed E-state index contributed by atoms with van der Waals surface area (Å²) >= 11 is 0.780. The molecule has 0 atom stereocenters. The highest BCUT2D eigenvalue weighted by Gasteiger charge is 2.26. The molecule has 1 N–H and O–H groups in total. The monoisotopic (exact) mass is 474 g/mol. The number of amides is 1. The van der Waals surface area contributed by atoms with Crippen LogP contribution < -0.4 is 14.8 Å². The Morgan fingerprint density at radius 1 is 1.09 bits per heavy atom. The molecule has 1 aromatic heterocycles. The fourth-order valence-corrected chi connectivity index (χ4v) is 4.95. The minimum atomic E-state index is -3.91. The number of nitrogens with one attached hydrogen (secondary N) is 1. The first-order chi connectivity index (χ1) is 15.3.